The average Bonchev–Trinajstić information content (AvgIpc) is 3.28. The van der Waals surface area contributed by atoms with Crippen LogP contribution >= 0.6 is 0 Å². The maximum atomic E-state index is 12.6. The number of rotatable bonds is 2. The first-order valence-electron chi connectivity index (χ1n) is 10.7. The van der Waals surface area contributed by atoms with Crippen molar-refractivity contribution in [1.29, 1.82) is 0 Å². The molecule has 0 bridgehead atoms. The third-order valence-electron chi connectivity index (χ3n) is 9.87. The molecule has 3 heteroatoms. The van der Waals surface area contributed by atoms with Gasteiger partial charge >= 0.3 is 0 Å². The summed E-state index contributed by atoms with van der Waals surface area (Å²) in [7, 11) is 1.65. The van der Waals surface area contributed by atoms with Crippen LogP contribution in [-0.2, 0) is 9.63 Å². The van der Waals surface area contributed by atoms with Crippen molar-refractivity contribution < 1.29 is 9.63 Å². The highest BCUT2D eigenvalue weighted by molar-refractivity contribution is 5.96. The van der Waals surface area contributed by atoms with Gasteiger partial charge in [0.15, 0.2) is 0 Å². The largest absolute Gasteiger partial charge is 0.399 e. The molecule has 0 aliphatic heterocycles. The van der Waals surface area contributed by atoms with Crippen molar-refractivity contribution in [2.45, 2.75) is 72.1 Å². The molecule has 0 aromatic carbocycles. The lowest BCUT2D eigenvalue weighted by atomic mass is 9.45. The van der Waals surface area contributed by atoms with Crippen molar-refractivity contribution in [3.63, 3.8) is 0 Å². The molecule has 5 aliphatic rings. The van der Waals surface area contributed by atoms with Crippen LogP contribution in [0.3, 0.4) is 0 Å². The molecule has 0 radical (unpaired) electrons. The first-order chi connectivity index (χ1) is 12.4. The Morgan fingerprint density at radius 1 is 1.19 bits per heavy atom. The maximum Gasteiger partial charge on any atom is 0.136 e. The molecule has 26 heavy (non-hydrogen) atoms. The van der Waals surface area contributed by atoms with Gasteiger partial charge in [-0.1, -0.05) is 24.6 Å². The van der Waals surface area contributed by atoms with Crippen LogP contribution in [0.5, 0.6) is 0 Å². The molecule has 142 valence electrons. The van der Waals surface area contributed by atoms with Gasteiger partial charge < -0.3 is 4.84 Å². The second-order valence-corrected chi connectivity index (χ2v) is 10.4. The summed E-state index contributed by atoms with van der Waals surface area (Å²) in [5.74, 6) is 3.58. The Hall–Kier alpha value is -1.12. The minimum absolute atomic E-state index is 0.0600. The third-order valence-corrected chi connectivity index (χ3v) is 9.87. The molecule has 0 saturated heterocycles. The predicted molar refractivity (Wildman–Crippen MR) is 103 cm³/mol. The molecule has 5 aliphatic carbocycles. The zero-order valence-corrected chi connectivity index (χ0v) is 16.8. The van der Waals surface area contributed by atoms with Crippen LogP contribution in [0.4, 0.5) is 0 Å². The molecule has 5 unspecified atom stereocenters. The molecule has 7 atom stereocenters. The van der Waals surface area contributed by atoms with Gasteiger partial charge in [-0.05, 0) is 98.9 Å². The molecular weight excluding hydrogens is 322 g/mol. The minimum Gasteiger partial charge on any atom is -0.399 e. The van der Waals surface area contributed by atoms with Gasteiger partial charge in [0, 0.05) is 5.41 Å². The molecule has 0 heterocycles. The van der Waals surface area contributed by atoms with Crippen LogP contribution in [-0.4, -0.2) is 18.6 Å². The first kappa shape index (κ1) is 17.0. The normalized spacial score (nSPS) is 53.1. The number of nitrogens with zero attached hydrogens (tertiary/aromatic N) is 1. The van der Waals surface area contributed by atoms with Gasteiger partial charge in [0.2, 0.25) is 0 Å². The highest BCUT2D eigenvalue weighted by atomic mass is 16.6. The van der Waals surface area contributed by atoms with Crippen LogP contribution in [0.25, 0.3) is 0 Å². The fraction of sp³-hybridized carbons (Fsp3) is 0.826. The van der Waals surface area contributed by atoms with Gasteiger partial charge in [-0.3, -0.25) is 4.79 Å². The molecule has 5 rings (SSSR count). The number of carbonyl (C=O) groups excluding carboxylic acids is 1. The first-order valence-corrected chi connectivity index (χ1v) is 10.7. The Labute approximate surface area is 157 Å². The summed E-state index contributed by atoms with van der Waals surface area (Å²) in [6, 6.07) is 0. The zero-order valence-electron chi connectivity index (χ0n) is 16.8. The van der Waals surface area contributed by atoms with E-state index in [0.29, 0.717) is 17.1 Å². The fourth-order valence-corrected chi connectivity index (χ4v) is 8.52. The molecule has 0 amide bonds. The molecule has 0 N–H and O–H groups in total. The van der Waals surface area contributed by atoms with E-state index in [1.165, 1.54) is 44.9 Å². The second kappa shape index (κ2) is 5.23. The Bertz CT molecular complexity index is 724. The number of fused-ring (bicyclic) bond motifs is 7. The summed E-state index contributed by atoms with van der Waals surface area (Å²) >= 11 is 0. The summed E-state index contributed by atoms with van der Waals surface area (Å²) in [5.41, 5.74) is 3.42. The lowest BCUT2D eigenvalue weighted by molar-refractivity contribution is -0.132. The van der Waals surface area contributed by atoms with E-state index in [0.717, 1.165) is 29.9 Å². The molecule has 0 aromatic rings. The molecule has 4 fully saturated rings. The van der Waals surface area contributed by atoms with Crippen molar-refractivity contribution in [3.8, 4) is 0 Å². The molecule has 0 spiro atoms. The van der Waals surface area contributed by atoms with Crippen molar-refractivity contribution in [1.82, 2.24) is 0 Å². The van der Waals surface area contributed by atoms with Gasteiger partial charge in [-0.2, -0.15) is 0 Å². The van der Waals surface area contributed by atoms with E-state index >= 15 is 0 Å². The van der Waals surface area contributed by atoms with Gasteiger partial charge in [-0.25, -0.2) is 0 Å². The Morgan fingerprint density at radius 3 is 2.73 bits per heavy atom. The van der Waals surface area contributed by atoms with Crippen molar-refractivity contribution in [3.05, 3.63) is 11.6 Å². The highest BCUT2D eigenvalue weighted by Gasteiger charge is 2.76. The number of hydrogen-bond donors (Lipinski definition) is 0. The Balaban J connectivity index is 1.47. The van der Waals surface area contributed by atoms with Gasteiger partial charge in [0.05, 0.1) is 5.71 Å². The Kier molecular flexibility index (Phi) is 3.42. The van der Waals surface area contributed by atoms with Crippen LogP contribution in [0.15, 0.2) is 16.8 Å². The topological polar surface area (TPSA) is 38.7 Å². The van der Waals surface area contributed by atoms with Crippen molar-refractivity contribution >= 4 is 11.5 Å². The average molecular weight is 356 g/mol. The number of oxime groups is 1. The van der Waals surface area contributed by atoms with E-state index < -0.39 is 0 Å². The van der Waals surface area contributed by atoms with Crippen molar-refractivity contribution in [2.75, 3.05) is 7.11 Å². The Morgan fingerprint density at radius 2 is 2.00 bits per heavy atom. The highest BCUT2D eigenvalue weighted by Crippen LogP contribution is 2.80. The zero-order chi connectivity index (χ0) is 18.3. The van der Waals surface area contributed by atoms with Crippen LogP contribution in [0.2, 0.25) is 0 Å². The minimum atomic E-state index is 0.0600. The number of hydrogen-bond acceptors (Lipinski definition) is 3. The van der Waals surface area contributed by atoms with E-state index in [2.05, 4.69) is 25.1 Å². The quantitative estimate of drug-likeness (QED) is 0.642. The fourth-order valence-electron chi connectivity index (χ4n) is 8.52. The second-order valence-electron chi connectivity index (χ2n) is 10.4. The van der Waals surface area contributed by atoms with E-state index in [9.17, 15) is 4.79 Å². The number of ketones is 1. The monoisotopic (exact) mass is 355 g/mol. The summed E-state index contributed by atoms with van der Waals surface area (Å²) in [6.45, 7) is 6.89. The third kappa shape index (κ3) is 1.85. The van der Waals surface area contributed by atoms with Crippen LogP contribution < -0.4 is 0 Å². The number of carbonyl (C=O) groups is 1. The van der Waals surface area contributed by atoms with E-state index in [4.69, 9.17) is 4.84 Å². The molecule has 4 saturated carbocycles. The lowest BCUT2D eigenvalue weighted by Gasteiger charge is -2.59. The van der Waals surface area contributed by atoms with Gasteiger partial charge in [-0.15, -0.1) is 0 Å². The summed E-state index contributed by atoms with van der Waals surface area (Å²) in [5, 5.41) is 4.22. The standard InChI is InChI=1S/C23H33NO2/c1-14(25)23-13-16(23)12-20-18-6-5-15-11-17(24-26-4)7-9-21(15,2)19(18)8-10-22(20,23)3/h11,16,18-20H,5-10,12-13H2,1-4H3/b24-17+/t16?,18?,19?,20?,21-,22-,23?/m0/s1. The molecular formula is C23H33NO2. The maximum absolute atomic E-state index is 12.6. The van der Waals surface area contributed by atoms with Gasteiger partial charge in [0.1, 0.15) is 12.9 Å². The van der Waals surface area contributed by atoms with Crippen molar-refractivity contribution in [2.24, 2.45) is 45.1 Å². The van der Waals surface area contributed by atoms with Crippen LogP contribution in [0, 0.1) is 39.9 Å². The van der Waals surface area contributed by atoms with E-state index in [1.54, 1.807) is 12.7 Å². The van der Waals surface area contributed by atoms with Crippen LogP contribution in [0.1, 0.15) is 72.1 Å². The van der Waals surface area contributed by atoms with Gasteiger partial charge in [0.25, 0.3) is 0 Å². The number of allylic oxidation sites excluding steroid dienone is 2. The van der Waals surface area contributed by atoms with E-state index in [-0.39, 0.29) is 10.8 Å². The summed E-state index contributed by atoms with van der Waals surface area (Å²) < 4.78 is 0. The summed E-state index contributed by atoms with van der Waals surface area (Å²) in [6.07, 6.45) is 12.2. The SMILES string of the molecule is CO/N=C1/C=C2CCC3C(CC[C@@]4(C)C3CC3CC34C(C)=O)[C@@]2(C)CC1. The summed E-state index contributed by atoms with van der Waals surface area (Å²) in [4.78, 5) is 17.6. The lowest BCUT2D eigenvalue weighted by Crippen LogP contribution is -2.52. The smallest absolute Gasteiger partial charge is 0.136 e. The van der Waals surface area contributed by atoms with E-state index in [1.807, 2.05) is 6.92 Å². The molecule has 0 aromatic heterocycles. The predicted octanol–water partition coefficient (Wildman–Crippen LogP) is 5.16. The number of Topliss-reactive ketones (excluding diaryl/α,β-unsaturated/α-hetero) is 1. The molecule has 3 nitrogen and oxygen atoms in total.